The lowest BCUT2D eigenvalue weighted by atomic mass is 10.1. The minimum atomic E-state index is -3.86. The Bertz CT molecular complexity index is 532. The van der Waals surface area contributed by atoms with E-state index in [0.717, 1.165) is 4.31 Å². The van der Waals surface area contributed by atoms with Gasteiger partial charge in [0.15, 0.2) is 0 Å². The maximum atomic E-state index is 12.0. The molecule has 8 heteroatoms. The molecule has 0 aliphatic rings. The van der Waals surface area contributed by atoms with E-state index in [9.17, 15) is 18.3 Å². The largest absolute Gasteiger partial charge is 0.481 e. The number of aliphatic hydroxyl groups excluding tert-OH is 1. The summed E-state index contributed by atoms with van der Waals surface area (Å²) < 4.78 is 27.2. The van der Waals surface area contributed by atoms with Gasteiger partial charge in [-0.15, -0.1) is 0 Å². The van der Waals surface area contributed by atoms with Crippen LogP contribution in [0.4, 0.5) is 0 Å². The average molecular weight is 302 g/mol. The number of aliphatic hydroxyl groups is 1. The number of hydrogen-bond acceptors (Lipinski definition) is 4. The number of carboxylic acids is 1. The lowest BCUT2D eigenvalue weighted by molar-refractivity contribution is -0.137. The van der Waals surface area contributed by atoms with Crippen LogP contribution in [0.15, 0.2) is 30.3 Å². The van der Waals surface area contributed by atoms with Gasteiger partial charge in [0, 0.05) is 13.6 Å². The van der Waals surface area contributed by atoms with E-state index in [1.807, 2.05) is 0 Å². The zero-order chi connectivity index (χ0) is 15.2. The Morgan fingerprint density at radius 2 is 1.95 bits per heavy atom. The first kappa shape index (κ1) is 16.6. The first-order valence-electron chi connectivity index (χ1n) is 5.98. The highest BCUT2D eigenvalue weighted by Crippen LogP contribution is 2.13. The lowest BCUT2D eigenvalue weighted by Crippen LogP contribution is -2.42. The molecule has 0 amide bonds. The molecule has 0 aromatic heterocycles. The fraction of sp³-hybridized carbons (Fsp3) is 0.417. The molecule has 20 heavy (non-hydrogen) atoms. The van der Waals surface area contributed by atoms with Crippen LogP contribution in [-0.2, 0) is 15.0 Å². The average Bonchev–Trinajstić information content (AvgIpc) is 2.43. The molecule has 3 N–H and O–H groups in total. The van der Waals surface area contributed by atoms with E-state index in [1.165, 1.54) is 7.05 Å². The number of rotatable bonds is 8. The van der Waals surface area contributed by atoms with E-state index in [0.29, 0.717) is 5.56 Å². The zero-order valence-corrected chi connectivity index (χ0v) is 11.9. The number of nitrogens with zero attached hydrogens (tertiary/aromatic N) is 1. The van der Waals surface area contributed by atoms with Gasteiger partial charge in [-0.1, -0.05) is 30.3 Å². The van der Waals surface area contributed by atoms with Crippen LogP contribution in [0.5, 0.6) is 0 Å². The molecule has 0 bridgehead atoms. The maximum Gasteiger partial charge on any atom is 0.304 e. The molecule has 1 atom stereocenters. The number of carboxylic acid groups (broad SMARTS) is 1. The molecule has 1 aromatic carbocycles. The van der Waals surface area contributed by atoms with Gasteiger partial charge in [-0.25, -0.2) is 0 Å². The van der Waals surface area contributed by atoms with Crippen molar-refractivity contribution >= 4 is 16.2 Å². The standard InChI is InChI=1S/C12H18N2O5S/c1-14(8-7-12(16)17)20(18,19)13-11(9-15)10-5-3-2-4-6-10/h2-6,11,13,15H,7-9H2,1H3,(H,16,17). The van der Waals surface area contributed by atoms with E-state index in [-0.39, 0.29) is 13.0 Å². The Morgan fingerprint density at radius 3 is 2.45 bits per heavy atom. The molecule has 0 heterocycles. The second-order valence-corrected chi connectivity index (χ2v) is 6.04. The molecule has 112 valence electrons. The van der Waals surface area contributed by atoms with Crippen LogP contribution in [0.3, 0.4) is 0 Å². The molecule has 0 saturated carbocycles. The van der Waals surface area contributed by atoms with Crippen molar-refractivity contribution in [2.75, 3.05) is 20.2 Å². The van der Waals surface area contributed by atoms with Gasteiger partial charge in [-0.05, 0) is 5.56 Å². The first-order valence-corrected chi connectivity index (χ1v) is 7.42. The summed E-state index contributed by atoms with van der Waals surface area (Å²) in [5.41, 5.74) is 0.630. The highest BCUT2D eigenvalue weighted by atomic mass is 32.2. The summed E-state index contributed by atoms with van der Waals surface area (Å²) in [6.45, 7) is -0.534. The number of benzene rings is 1. The van der Waals surface area contributed by atoms with Crippen molar-refractivity contribution in [2.45, 2.75) is 12.5 Å². The predicted octanol–water partition coefficient (Wildman–Crippen LogP) is -0.0391. The summed E-state index contributed by atoms with van der Waals surface area (Å²) in [6, 6.07) is 7.88. The van der Waals surface area contributed by atoms with Crippen LogP contribution in [0.2, 0.25) is 0 Å². The molecule has 0 radical (unpaired) electrons. The summed E-state index contributed by atoms with van der Waals surface area (Å²) >= 11 is 0. The van der Waals surface area contributed by atoms with Gasteiger partial charge in [-0.2, -0.15) is 17.4 Å². The van der Waals surface area contributed by atoms with Crippen molar-refractivity contribution in [1.29, 1.82) is 0 Å². The fourth-order valence-electron chi connectivity index (χ4n) is 1.54. The van der Waals surface area contributed by atoms with Crippen LogP contribution in [0, 0.1) is 0 Å². The third-order valence-corrected chi connectivity index (χ3v) is 4.31. The van der Waals surface area contributed by atoms with Crippen LogP contribution in [-0.4, -0.2) is 49.1 Å². The SMILES string of the molecule is CN(CCC(=O)O)S(=O)(=O)NC(CO)c1ccccc1. The van der Waals surface area contributed by atoms with Crippen LogP contribution < -0.4 is 4.72 Å². The minimum Gasteiger partial charge on any atom is -0.481 e. The topological polar surface area (TPSA) is 107 Å². The molecule has 0 aliphatic heterocycles. The van der Waals surface area contributed by atoms with Gasteiger partial charge in [0.1, 0.15) is 0 Å². The Hall–Kier alpha value is -1.48. The molecule has 0 saturated heterocycles. The van der Waals surface area contributed by atoms with E-state index in [4.69, 9.17) is 5.11 Å². The van der Waals surface area contributed by atoms with Gasteiger partial charge in [0.25, 0.3) is 10.2 Å². The molecule has 1 unspecified atom stereocenters. The molecule has 0 aliphatic carbocycles. The maximum absolute atomic E-state index is 12.0. The third kappa shape index (κ3) is 4.89. The summed E-state index contributed by atoms with van der Waals surface area (Å²) in [5, 5.41) is 17.9. The predicted molar refractivity (Wildman–Crippen MR) is 73.2 cm³/mol. The van der Waals surface area contributed by atoms with Gasteiger partial charge in [0.2, 0.25) is 0 Å². The molecule has 7 nitrogen and oxygen atoms in total. The second-order valence-electron chi connectivity index (χ2n) is 4.23. The van der Waals surface area contributed by atoms with E-state index in [1.54, 1.807) is 30.3 Å². The van der Waals surface area contributed by atoms with Crippen LogP contribution in [0.25, 0.3) is 0 Å². The molecular weight excluding hydrogens is 284 g/mol. The van der Waals surface area contributed by atoms with E-state index < -0.39 is 28.8 Å². The van der Waals surface area contributed by atoms with Gasteiger partial charge < -0.3 is 10.2 Å². The number of carbonyl (C=O) groups is 1. The minimum absolute atomic E-state index is 0.141. The van der Waals surface area contributed by atoms with Gasteiger partial charge in [-0.3, -0.25) is 4.79 Å². The Morgan fingerprint density at radius 1 is 1.35 bits per heavy atom. The summed E-state index contributed by atoms with van der Waals surface area (Å²) in [6.07, 6.45) is -0.285. The zero-order valence-electron chi connectivity index (χ0n) is 11.1. The summed E-state index contributed by atoms with van der Waals surface area (Å²) in [5.74, 6) is -1.08. The molecule has 1 rings (SSSR count). The molecular formula is C12H18N2O5S. The van der Waals surface area contributed by atoms with Crippen LogP contribution in [0.1, 0.15) is 18.0 Å². The lowest BCUT2D eigenvalue weighted by Gasteiger charge is -2.22. The smallest absolute Gasteiger partial charge is 0.304 e. The normalized spacial score (nSPS) is 13.3. The van der Waals surface area contributed by atoms with Crippen molar-refractivity contribution in [3.63, 3.8) is 0 Å². The quantitative estimate of drug-likeness (QED) is 0.624. The molecule has 0 fully saturated rings. The van der Waals surface area contributed by atoms with Crippen LogP contribution >= 0.6 is 0 Å². The second kappa shape index (κ2) is 7.34. The fourth-order valence-corrected chi connectivity index (χ4v) is 2.62. The Kier molecular flexibility index (Phi) is 6.08. The highest BCUT2D eigenvalue weighted by Gasteiger charge is 2.23. The molecule has 0 spiro atoms. The highest BCUT2D eigenvalue weighted by molar-refractivity contribution is 7.87. The number of aliphatic carboxylic acids is 1. The number of hydrogen-bond donors (Lipinski definition) is 3. The Labute approximate surface area is 118 Å². The van der Waals surface area contributed by atoms with Crippen molar-refractivity contribution in [3.8, 4) is 0 Å². The third-order valence-electron chi connectivity index (χ3n) is 2.73. The first-order chi connectivity index (χ1) is 9.36. The van der Waals surface area contributed by atoms with E-state index >= 15 is 0 Å². The van der Waals surface area contributed by atoms with Crippen molar-refractivity contribution in [1.82, 2.24) is 9.03 Å². The number of nitrogens with one attached hydrogen (secondary N) is 1. The Balaban J connectivity index is 2.75. The summed E-state index contributed by atoms with van der Waals surface area (Å²) in [4.78, 5) is 10.4. The van der Waals surface area contributed by atoms with Crippen molar-refractivity contribution in [3.05, 3.63) is 35.9 Å². The van der Waals surface area contributed by atoms with Gasteiger partial charge in [0.05, 0.1) is 19.1 Å². The molecule has 1 aromatic rings. The van der Waals surface area contributed by atoms with Crippen molar-refractivity contribution in [2.24, 2.45) is 0 Å². The van der Waals surface area contributed by atoms with Gasteiger partial charge >= 0.3 is 5.97 Å². The van der Waals surface area contributed by atoms with Crippen molar-refractivity contribution < 1.29 is 23.4 Å². The summed E-state index contributed by atoms with van der Waals surface area (Å²) in [7, 11) is -2.57. The monoisotopic (exact) mass is 302 g/mol. The van der Waals surface area contributed by atoms with E-state index in [2.05, 4.69) is 4.72 Å².